The van der Waals surface area contributed by atoms with Crippen LogP contribution in [0.15, 0.2) is 59.5 Å². The molecule has 0 aliphatic carbocycles. The Bertz CT molecular complexity index is 640. The van der Waals surface area contributed by atoms with E-state index in [9.17, 15) is 4.79 Å². The maximum atomic E-state index is 10.7. The molecule has 0 radical (unpaired) electrons. The fourth-order valence-electron chi connectivity index (χ4n) is 3.10. The number of carboxylic acids is 1. The lowest BCUT2D eigenvalue weighted by molar-refractivity contribution is -0.136. The number of aliphatic carboxylic acids is 1. The van der Waals surface area contributed by atoms with Gasteiger partial charge in [-0.2, -0.15) is 0 Å². The maximum absolute atomic E-state index is 10.7. The Morgan fingerprint density at radius 1 is 0.769 bits per heavy atom. The van der Waals surface area contributed by atoms with Crippen molar-refractivity contribution in [2.24, 2.45) is 0 Å². The molecule has 0 spiro atoms. The van der Waals surface area contributed by atoms with Crippen molar-refractivity contribution in [2.45, 2.75) is 62.7 Å². The third-order valence-corrected chi connectivity index (χ3v) is 5.67. The summed E-state index contributed by atoms with van der Waals surface area (Å²) in [5.74, 6) is -0.0736. The highest BCUT2D eigenvalue weighted by atomic mass is 32.2. The molecule has 0 saturated heterocycles. The molecule has 26 heavy (non-hydrogen) atoms. The van der Waals surface area contributed by atoms with E-state index in [1.54, 1.807) is 11.8 Å². The zero-order valence-electron chi connectivity index (χ0n) is 15.5. The molecule has 2 nitrogen and oxygen atoms in total. The second-order valence-electron chi connectivity index (χ2n) is 6.71. The number of unbranched alkanes of at least 4 members (excludes halogenated alkanes) is 5. The summed E-state index contributed by atoms with van der Waals surface area (Å²) >= 11 is 1.67. The van der Waals surface area contributed by atoms with Crippen LogP contribution in [0.4, 0.5) is 0 Å². The van der Waals surface area contributed by atoms with Crippen molar-refractivity contribution >= 4 is 17.7 Å². The van der Waals surface area contributed by atoms with Crippen molar-refractivity contribution in [1.29, 1.82) is 0 Å². The average Bonchev–Trinajstić information content (AvgIpc) is 2.65. The van der Waals surface area contributed by atoms with Gasteiger partial charge in [0.15, 0.2) is 0 Å². The van der Waals surface area contributed by atoms with Crippen LogP contribution < -0.4 is 0 Å². The minimum Gasteiger partial charge on any atom is -0.481 e. The second-order valence-corrected chi connectivity index (χ2v) is 7.84. The third-order valence-electron chi connectivity index (χ3n) is 4.55. The van der Waals surface area contributed by atoms with Gasteiger partial charge in [0.1, 0.15) is 0 Å². The Labute approximate surface area is 162 Å². The molecule has 0 aliphatic heterocycles. The summed E-state index contributed by atoms with van der Waals surface area (Å²) in [6.45, 7) is 0. The van der Waals surface area contributed by atoms with Crippen LogP contribution in [-0.4, -0.2) is 16.8 Å². The molecule has 0 fully saturated rings. The lowest BCUT2D eigenvalue weighted by atomic mass is 10.0. The standard InChI is InChI=1S/C23H30O2S/c24-23(25)18-19-26-22-17-11-10-16-21(22)15-9-4-2-1-3-6-12-20-13-7-5-8-14-20/h5,7-8,10-11,13-14,16-17H,1-4,6,9,12,15,18-19H2,(H,24,25). The van der Waals surface area contributed by atoms with Gasteiger partial charge in [-0.05, 0) is 42.9 Å². The molecule has 0 aliphatic rings. The van der Waals surface area contributed by atoms with Crippen LogP contribution in [0.3, 0.4) is 0 Å². The van der Waals surface area contributed by atoms with Gasteiger partial charge in [0.05, 0.1) is 6.42 Å². The first-order valence-corrected chi connectivity index (χ1v) is 10.7. The number of hydrogen-bond acceptors (Lipinski definition) is 2. The Hall–Kier alpha value is -1.74. The first kappa shape index (κ1) is 20.6. The van der Waals surface area contributed by atoms with E-state index in [1.165, 1.54) is 61.0 Å². The monoisotopic (exact) mass is 370 g/mol. The zero-order valence-corrected chi connectivity index (χ0v) is 16.3. The van der Waals surface area contributed by atoms with E-state index in [1.807, 2.05) is 6.07 Å². The van der Waals surface area contributed by atoms with E-state index < -0.39 is 5.97 Å². The Morgan fingerprint density at radius 2 is 1.38 bits per heavy atom. The number of thioether (sulfide) groups is 1. The van der Waals surface area contributed by atoms with E-state index >= 15 is 0 Å². The number of aryl methyl sites for hydroxylation is 2. The van der Waals surface area contributed by atoms with Crippen molar-refractivity contribution in [3.05, 3.63) is 65.7 Å². The molecule has 1 N–H and O–H groups in total. The minimum atomic E-state index is -0.720. The van der Waals surface area contributed by atoms with Crippen LogP contribution in [0.1, 0.15) is 56.1 Å². The number of carbonyl (C=O) groups is 1. The molecule has 0 unspecified atom stereocenters. The van der Waals surface area contributed by atoms with E-state index in [0.717, 1.165) is 6.42 Å². The van der Waals surface area contributed by atoms with Crippen molar-refractivity contribution < 1.29 is 9.90 Å². The number of benzene rings is 2. The quantitative estimate of drug-likeness (QED) is 0.328. The van der Waals surface area contributed by atoms with Gasteiger partial charge < -0.3 is 5.11 Å². The minimum absolute atomic E-state index is 0.224. The Kier molecular flexibility index (Phi) is 9.96. The molecule has 2 aromatic carbocycles. The van der Waals surface area contributed by atoms with Crippen LogP contribution >= 0.6 is 11.8 Å². The molecule has 0 atom stereocenters. The van der Waals surface area contributed by atoms with Crippen LogP contribution in [0.2, 0.25) is 0 Å². The van der Waals surface area contributed by atoms with E-state index in [-0.39, 0.29) is 6.42 Å². The lowest BCUT2D eigenvalue weighted by Crippen LogP contribution is -1.97. The second kappa shape index (κ2) is 12.6. The van der Waals surface area contributed by atoms with Gasteiger partial charge in [-0.3, -0.25) is 4.79 Å². The largest absolute Gasteiger partial charge is 0.481 e. The molecule has 2 aromatic rings. The molecular weight excluding hydrogens is 340 g/mol. The highest BCUT2D eigenvalue weighted by Crippen LogP contribution is 2.25. The van der Waals surface area contributed by atoms with Gasteiger partial charge >= 0.3 is 5.97 Å². The topological polar surface area (TPSA) is 37.3 Å². The fraction of sp³-hybridized carbons (Fsp3) is 0.435. The summed E-state index contributed by atoms with van der Waals surface area (Å²) in [5, 5.41) is 8.77. The highest BCUT2D eigenvalue weighted by molar-refractivity contribution is 7.99. The van der Waals surface area contributed by atoms with Gasteiger partial charge in [-0.15, -0.1) is 11.8 Å². The number of carboxylic acid groups (broad SMARTS) is 1. The summed E-state index contributed by atoms with van der Waals surface area (Å²) in [7, 11) is 0. The first-order chi connectivity index (χ1) is 12.8. The third kappa shape index (κ3) is 8.57. The van der Waals surface area contributed by atoms with Crippen molar-refractivity contribution in [2.75, 3.05) is 5.75 Å². The van der Waals surface area contributed by atoms with Crippen molar-refractivity contribution in [3.8, 4) is 0 Å². The number of hydrogen-bond donors (Lipinski definition) is 1. The molecule has 0 aromatic heterocycles. The average molecular weight is 371 g/mol. The fourth-order valence-corrected chi connectivity index (χ4v) is 4.12. The van der Waals surface area contributed by atoms with Gasteiger partial charge in [0, 0.05) is 10.6 Å². The smallest absolute Gasteiger partial charge is 0.304 e. The molecule has 2 rings (SSSR count). The first-order valence-electron chi connectivity index (χ1n) is 9.72. The van der Waals surface area contributed by atoms with Gasteiger partial charge in [0.25, 0.3) is 0 Å². The summed E-state index contributed by atoms with van der Waals surface area (Å²) in [6, 6.07) is 19.2. The molecule has 0 amide bonds. The summed E-state index contributed by atoms with van der Waals surface area (Å²) < 4.78 is 0. The molecular formula is C23H30O2S. The van der Waals surface area contributed by atoms with Gasteiger partial charge in [-0.1, -0.05) is 74.2 Å². The van der Waals surface area contributed by atoms with Crippen LogP contribution in [0.5, 0.6) is 0 Å². The maximum Gasteiger partial charge on any atom is 0.304 e. The normalized spacial score (nSPS) is 10.8. The molecule has 0 heterocycles. The molecule has 140 valence electrons. The van der Waals surface area contributed by atoms with Gasteiger partial charge in [0.2, 0.25) is 0 Å². The molecule has 3 heteroatoms. The highest BCUT2D eigenvalue weighted by Gasteiger charge is 2.04. The zero-order chi connectivity index (χ0) is 18.5. The van der Waals surface area contributed by atoms with E-state index in [0.29, 0.717) is 5.75 Å². The Morgan fingerprint density at radius 3 is 2.12 bits per heavy atom. The van der Waals surface area contributed by atoms with E-state index in [4.69, 9.17) is 5.11 Å². The lowest BCUT2D eigenvalue weighted by Gasteiger charge is -2.08. The predicted octanol–water partition coefficient (Wildman–Crippen LogP) is 6.38. The SMILES string of the molecule is O=C(O)CCSc1ccccc1CCCCCCCCc1ccccc1. The molecule has 0 bridgehead atoms. The van der Waals surface area contributed by atoms with E-state index in [2.05, 4.69) is 48.5 Å². The Balaban J connectivity index is 1.56. The van der Waals surface area contributed by atoms with Crippen molar-refractivity contribution in [3.63, 3.8) is 0 Å². The van der Waals surface area contributed by atoms with Crippen LogP contribution in [0, 0.1) is 0 Å². The van der Waals surface area contributed by atoms with Gasteiger partial charge in [-0.25, -0.2) is 0 Å². The van der Waals surface area contributed by atoms with Crippen LogP contribution in [0.25, 0.3) is 0 Å². The van der Waals surface area contributed by atoms with Crippen LogP contribution in [-0.2, 0) is 17.6 Å². The summed E-state index contributed by atoms with van der Waals surface area (Å²) in [6.07, 6.45) is 10.2. The van der Waals surface area contributed by atoms with Crippen molar-refractivity contribution in [1.82, 2.24) is 0 Å². The number of rotatable bonds is 13. The summed E-state index contributed by atoms with van der Waals surface area (Å²) in [5.41, 5.74) is 2.82. The predicted molar refractivity (Wildman–Crippen MR) is 111 cm³/mol. The molecule has 0 saturated carbocycles. The summed E-state index contributed by atoms with van der Waals surface area (Å²) in [4.78, 5) is 11.9.